The van der Waals surface area contributed by atoms with Crippen molar-refractivity contribution in [2.24, 2.45) is 0 Å². The Morgan fingerprint density at radius 1 is 1.30 bits per heavy atom. The number of carboxylic acid groups (broad SMARTS) is 1. The molecule has 0 bridgehead atoms. The average Bonchev–Trinajstić information content (AvgIpc) is 3.16. The Hall–Kier alpha value is -2.46. The number of hydrogen-bond acceptors (Lipinski definition) is 6. The quantitative estimate of drug-likeness (QED) is 0.524. The van der Waals surface area contributed by atoms with Crippen LogP contribution in [0, 0.1) is 13.8 Å². The standard InChI is InChI=1S/C22H20N2O4S.Li/c1-13-5-3-7-18(14(13)2)28-11-16-9-19(25)24-17(22(26)27)12-29-21(24)20(16)15-6-4-8-23-10-15;/h3-10,17H,11-12H2,1-2H3,(H,26,27);/q;+1/p-1/t17-;/m0./s1. The van der Waals surface area contributed by atoms with Crippen LogP contribution < -0.4 is 34.3 Å². The minimum Gasteiger partial charge on any atom is -0.548 e. The molecular weight excluding hydrogens is 395 g/mol. The molecule has 0 saturated heterocycles. The molecule has 0 radical (unpaired) electrons. The Kier molecular flexibility index (Phi) is 6.76. The van der Waals surface area contributed by atoms with Crippen molar-refractivity contribution in [3.05, 3.63) is 75.8 Å². The molecule has 0 amide bonds. The molecule has 8 heteroatoms. The first-order valence-electron chi connectivity index (χ1n) is 9.19. The number of rotatable bonds is 5. The molecule has 1 aliphatic rings. The normalized spacial score (nSPS) is 14.7. The van der Waals surface area contributed by atoms with Gasteiger partial charge in [-0.05, 0) is 37.1 Å². The summed E-state index contributed by atoms with van der Waals surface area (Å²) in [7, 11) is 0. The molecule has 6 nitrogen and oxygen atoms in total. The summed E-state index contributed by atoms with van der Waals surface area (Å²) < 4.78 is 7.36. The molecule has 148 valence electrons. The molecule has 0 unspecified atom stereocenters. The van der Waals surface area contributed by atoms with Crippen LogP contribution in [0.15, 0.2) is 58.6 Å². The molecule has 0 aliphatic carbocycles. The van der Waals surface area contributed by atoms with Gasteiger partial charge in [0.2, 0.25) is 0 Å². The van der Waals surface area contributed by atoms with Gasteiger partial charge in [0, 0.05) is 40.9 Å². The van der Waals surface area contributed by atoms with E-state index in [1.54, 1.807) is 12.4 Å². The van der Waals surface area contributed by atoms with Crippen LogP contribution in [0.25, 0.3) is 11.1 Å². The zero-order chi connectivity index (χ0) is 20.5. The second-order valence-electron chi connectivity index (χ2n) is 6.93. The zero-order valence-corrected chi connectivity index (χ0v) is 17.9. The van der Waals surface area contributed by atoms with Crippen molar-refractivity contribution in [1.29, 1.82) is 0 Å². The minimum atomic E-state index is -1.25. The molecular formula is C22H19LiN2O4S. The van der Waals surface area contributed by atoms with E-state index in [2.05, 4.69) is 4.98 Å². The first-order valence-corrected chi connectivity index (χ1v) is 10.2. The summed E-state index contributed by atoms with van der Waals surface area (Å²) in [5.74, 6) is -0.246. The fourth-order valence-electron chi connectivity index (χ4n) is 3.46. The van der Waals surface area contributed by atoms with Gasteiger partial charge in [0.05, 0.1) is 17.0 Å². The van der Waals surface area contributed by atoms with Crippen molar-refractivity contribution in [3.63, 3.8) is 0 Å². The Labute approximate surface area is 190 Å². The maximum absolute atomic E-state index is 12.8. The van der Waals surface area contributed by atoms with Gasteiger partial charge in [0.1, 0.15) is 12.4 Å². The van der Waals surface area contributed by atoms with E-state index < -0.39 is 12.0 Å². The van der Waals surface area contributed by atoms with Gasteiger partial charge in [0.25, 0.3) is 5.56 Å². The summed E-state index contributed by atoms with van der Waals surface area (Å²) in [4.78, 5) is 28.4. The molecule has 30 heavy (non-hydrogen) atoms. The number of pyridine rings is 2. The third-order valence-corrected chi connectivity index (χ3v) is 6.30. The summed E-state index contributed by atoms with van der Waals surface area (Å²) in [6.07, 6.45) is 3.37. The number of thioether (sulfide) groups is 1. The average molecular weight is 414 g/mol. The summed E-state index contributed by atoms with van der Waals surface area (Å²) >= 11 is 1.34. The van der Waals surface area contributed by atoms with Gasteiger partial charge >= 0.3 is 18.9 Å². The summed E-state index contributed by atoms with van der Waals surface area (Å²) in [6.45, 7) is 4.19. The van der Waals surface area contributed by atoms with E-state index in [1.807, 2.05) is 44.2 Å². The van der Waals surface area contributed by atoms with Gasteiger partial charge in [-0.1, -0.05) is 18.2 Å². The predicted molar refractivity (Wildman–Crippen MR) is 109 cm³/mol. The topological polar surface area (TPSA) is 84.2 Å². The number of carboxylic acids is 1. The van der Waals surface area contributed by atoms with E-state index in [9.17, 15) is 14.7 Å². The second-order valence-corrected chi connectivity index (χ2v) is 7.94. The van der Waals surface area contributed by atoms with E-state index >= 15 is 0 Å². The van der Waals surface area contributed by atoms with E-state index in [1.165, 1.54) is 22.4 Å². The molecule has 0 spiro atoms. The monoisotopic (exact) mass is 414 g/mol. The molecule has 1 aromatic carbocycles. The van der Waals surface area contributed by atoms with E-state index in [0.717, 1.165) is 28.0 Å². The third-order valence-electron chi connectivity index (χ3n) is 5.14. The number of ether oxygens (including phenoxy) is 1. The second kappa shape index (κ2) is 9.13. The first-order chi connectivity index (χ1) is 14.0. The van der Waals surface area contributed by atoms with Crippen LogP contribution in [-0.4, -0.2) is 21.3 Å². The van der Waals surface area contributed by atoms with Gasteiger partial charge < -0.3 is 14.6 Å². The van der Waals surface area contributed by atoms with Crippen LogP contribution in [0.5, 0.6) is 5.75 Å². The number of carbonyl (C=O) groups is 1. The van der Waals surface area contributed by atoms with E-state index in [0.29, 0.717) is 10.6 Å². The number of benzene rings is 1. The van der Waals surface area contributed by atoms with Gasteiger partial charge in [-0.25, -0.2) is 0 Å². The fraction of sp³-hybridized carbons (Fsp3) is 0.227. The summed E-state index contributed by atoms with van der Waals surface area (Å²) in [6, 6.07) is 10.0. The van der Waals surface area contributed by atoms with Gasteiger partial charge in [-0.2, -0.15) is 0 Å². The molecule has 3 aromatic rings. The maximum Gasteiger partial charge on any atom is 1.00 e. The van der Waals surface area contributed by atoms with E-state index in [4.69, 9.17) is 4.74 Å². The largest absolute Gasteiger partial charge is 1.00 e. The molecule has 1 aliphatic heterocycles. The minimum absolute atomic E-state index is 0. The molecule has 1 atom stereocenters. The number of nitrogens with zero attached hydrogens (tertiary/aromatic N) is 2. The number of aryl methyl sites for hydroxylation is 1. The molecule has 2 aromatic heterocycles. The Bertz CT molecular complexity index is 1150. The van der Waals surface area contributed by atoms with Crippen LogP contribution in [0.1, 0.15) is 22.7 Å². The molecule has 0 saturated carbocycles. The van der Waals surface area contributed by atoms with Crippen molar-refractivity contribution < 1.29 is 33.5 Å². The number of aromatic nitrogens is 2. The van der Waals surface area contributed by atoms with Gasteiger partial charge in [-0.15, -0.1) is 11.8 Å². The Balaban J connectivity index is 0.00000256. The molecule has 3 heterocycles. The van der Waals surface area contributed by atoms with E-state index in [-0.39, 0.29) is 36.8 Å². The molecule has 0 N–H and O–H groups in total. The Morgan fingerprint density at radius 2 is 2.10 bits per heavy atom. The van der Waals surface area contributed by atoms with Gasteiger partial charge in [0.15, 0.2) is 0 Å². The van der Waals surface area contributed by atoms with Crippen molar-refractivity contribution in [3.8, 4) is 16.9 Å². The van der Waals surface area contributed by atoms with Crippen molar-refractivity contribution in [1.82, 2.24) is 9.55 Å². The third kappa shape index (κ3) is 4.06. The number of aliphatic carboxylic acids is 1. The van der Waals surface area contributed by atoms with Crippen LogP contribution in [0.2, 0.25) is 0 Å². The molecule has 4 rings (SSSR count). The number of carbonyl (C=O) groups excluding carboxylic acids is 1. The number of hydrogen-bond donors (Lipinski definition) is 0. The SMILES string of the molecule is Cc1cccc(OCc2cc(=O)n3c(c2-c2cccnc2)SC[C@H]3C(=O)[O-])c1C.[Li+]. The smallest absolute Gasteiger partial charge is 0.548 e. The zero-order valence-electron chi connectivity index (χ0n) is 17.0. The van der Waals surface area contributed by atoms with Crippen molar-refractivity contribution >= 4 is 17.7 Å². The van der Waals surface area contributed by atoms with Crippen LogP contribution in [-0.2, 0) is 11.4 Å². The summed E-state index contributed by atoms with van der Waals surface area (Å²) in [5.41, 5.74) is 4.07. The predicted octanol–water partition coefficient (Wildman–Crippen LogP) is -0.493. The van der Waals surface area contributed by atoms with Crippen LogP contribution in [0.3, 0.4) is 0 Å². The van der Waals surface area contributed by atoms with Crippen LogP contribution in [0.4, 0.5) is 0 Å². The first kappa shape index (κ1) is 22.2. The Morgan fingerprint density at radius 3 is 2.80 bits per heavy atom. The maximum atomic E-state index is 12.8. The van der Waals surface area contributed by atoms with Gasteiger partial charge in [-0.3, -0.25) is 14.3 Å². The van der Waals surface area contributed by atoms with Crippen LogP contribution >= 0.6 is 11.8 Å². The fourth-order valence-corrected chi connectivity index (χ4v) is 4.81. The summed E-state index contributed by atoms with van der Waals surface area (Å²) in [5, 5.41) is 12.1. The van der Waals surface area contributed by atoms with Crippen molar-refractivity contribution in [2.45, 2.75) is 31.5 Å². The van der Waals surface area contributed by atoms with Crippen molar-refractivity contribution in [2.75, 3.05) is 5.75 Å². The molecule has 0 fully saturated rings. The number of fused-ring (bicyclic) bond motifs is 1.